The molecule has 0 aliphatic carbocycles. The van der Waals surface area contributed by atoms with Crippen molar-refractivity contribution in [3.63, 3.8) is 0 Å². The summed E-state index contributed by atoms with van der Waals surface area (Å²) in [5.41, 5.74) is 4.03. The molecule has 0 heterocycles. The number of nitrogens with two attached hydrogens (primary N) is 1. The Hall–Kier alpha value is -0.870. The van der Waals surface area contributed by atoms with Crippen molar-refractivity contribution in [1.82, 2.24) is 0 Å². The Morgan fingerprint density at radius 1 is 1.47 bits per heavy atom. The molecule has 0 spiro atoms. The van der Waals surface area contributed by atoms with Crippen molar-refractivity contribution in [1.29, 1.82) is 0 Å². The molecule has 0 radical (unpaired) electrons. The third-order valence-corrected chi connectivity index (χ3v) is 2.43. The van der Waals surface area contributed by atoms with Crippen molar-refractivity contribution < 1.29 is 13.5 Å². The maximum absolute atomic E-state index is 12.7. The lowest BCUT2D eigenvalue weighted by atomic mass is 9.93. The summed E-state index contributed by atoms with van der Waals surface area (Å²) in [6.07, 6.45) is -2.67. The molecule has 0 aromatic heterocycles. The Kier molecular flexibility index (Phi) is 3.52. The lowest BCUT2D eigenvalue weighted by Gasteiger charge is -2.26. The Labute approximate surface area is 92.0 Å². The van der Waals surface area contributed by atoms with E-state index in [-0.39, 0.29) is 11.3 Å². The van der Waals surface area contributed by atoms with Gasteiger partial charge >= 0.3 is 0 Å². The first-order chi connectivity index (χ1) is 6.89. The van der Waals surface area contributed by atoms with E-state index in [4.69, 9.17) is 22.1 Å². The second-order valence-corrected chi connectivity index (χ2v) is 3.86. The molecule has 84 valence electrons. The van der Waals surface area contributed by atoms with Crippen LogP contribution in [0.5, 0.6) is 5.75 Å². The molecular weight excluding hydrogens is 224 g/mol. The van der Waals surface area contributed by atoms with Crippen molar-refractivity contribution >= 4 is 11.6 Å². The van der Waals surface area contributed by atoms with Gasteiger partial charge < -0.3 is 10.5 Å². The van der Waals surface area contributed by atoms with Crippen LogP contribution < -0.4 is 10.5 Å². The average molecular weight is 236 g/mol. The van der Waals surface area contributed by atoms with Gasteiger partial charge in [0.25, 0.3) is 6.43 Å². The van der Waals surface area contributed by atoms with E-state index in [2.05, 4.69) is 0 Å². The molecule has 15 heavy (non-hydrogen) atoms. The van der Waals surface area contributed by atoms with Gasteiger partial charge in [0, 0.05) is 10.6 Å². The topological polar surface area (TPSA) is 35.2 Å². The summed E-state index contributed by atoms with van der Waals surface area (Å²) in [7, 11) is 1.39. The molecule has 1 rings (SSSR count). The summed E-state index contributed by atoms with van der Waals surface area (Å²) in [6.45, 7) is 1.25. The summed E-state index contributed by atoms with van der Waals surface area (Å²) < 4.78 is 30.4. The summed E-state index contributed by atoms with van der Waals surface area (Å²) >= 11 is 5.72. The zero-order valence-electron chi connectivity index (χ0n) is 8.43. The van der Waals surface area contributed by atoms with Gasteiger partial charge in [0.2, 0.25) is 0 Å². The maximum Gasteiger partial charge on any atom is 0.260 e. The van der Waals surface area contributed by atoms with E-state index < -0.39 is 12.0 Å². The number of ether oxygens (including phenoxy) is 1. The molecule has 1 atom stereocenters. The minimum atomic E-state index is -2.67. The first kappa shape index (κ1) is 12.2. The van der Waals surface area contributed by atoms with Crippen LogP contribution in [0.1, 0.15) is 12.5 Å². The van der Waals surface area contributed by atoms with Gasteiger partial charge in [-0.2, -0.15) is 0 Å². The molecular formula is C10H12ClF2NO. The van der Waals surface area contributed by atoms with Crippen LogP contribution in [-0.4, -0.2) is 13.5 Å². The largest absolute Gasteiger partial charge is 0.496 e. The van der Waals surface area contributed by atoms with Gasteiger partial charge in [0.05, 0.1) is 7.11 Å². The fourth-order valence-corrected chi connectivity index (χ4v) is 1.39. The van der Waals surface area contributed by atoms with Gasteiger partial charge in [-0.3, -0.25) is 0 Å². The summed E-state index contributed by atoms with van der Waals surface area (Å²) in [4.78, 5) is 0. The number of benzene rings is 1. The quantitative estimate of drug-likeness (QED) is 0.875. The first-order valence-electron chi connectivity index (χ1n) is 4.30. The molecule has 5 heteroatoms. The van der Waals surface area contributed by atoms with Crippen LogP contribution in [0.2, 0.25) is 5.02 Å². The predicted molar refractivity (Wildman–Crippen MR) is 55.5 cm³/mol. The van der Waals surface area contributed by atoms with Crippen molar-refractivity contribution in [3.05, 3.63) is 28.8 Å². The molecule has 0 aliphatic rings. The number of rotatable bonds is 3. The highest BCUT2D eigenvalue weighted by Crippen LogP contribution is 2.34. The Balaban J connectivity index is 3.24. The lowest BCUT2D eigenvalue weighted by Crippen LogP contribution is -2.40. The van der Waals surface area contributed by atoms with Gasteiger partial charge in [-0.25, -0.2) is 8.78 Å². The van der Waals surface area contributed by atoms with E-state index in [0.717, 1.165) is 0 Å². The number of hydrogen-bond donors (Lipinski definition) is 1. The van der Waals surface area contributed by atoms with Crippen LogP contribution in [0.15, 0.2) is 18.2 Å². The summed E-state index contributed by atoms with van der Waals surface area (Å²) in [5, 5.41) is 0.417. The van der Waals surface area contributed by atoms with Crippen molar-refractivity contribution in [2.75, 3.05) is 7.11 Å². The second kappa shape index (κ2) is 4.33. The zero-order valence-corrected chi connectivity index (χ0v) is 9.18. The van der Waals surface area contributed by atoms with Gasteiger partial charge in [0.1, 0.15) is 11.3 Å². The number of alkyl halides is 2. The summed E-state index contributed by atoms with van der Waals surface area (Å²) in [5.74, 6) is 0.271. The molecule has 2 N–H and O–H groups in total. The van der Waals surface area contributed by atoms with Gasteiger partial charge in [-0.15, -0.1) is 0 Å². The van der Waals surface area contributed by atoms with E-state index >= 15 is 0 Å². The smallest absolute Gasteiger partial charge is 0.260 e. The zero-order chi connectivity index (χ0) is 11.6. The highest BCUT2D eigenvalue weighted by atomic mass is 35.5. The van der Waals surface area contributed by atoms with Crippen LogP contribution in [-0.2, 0) is 5.54 Å². The molecule has 1 unspecified atom stereocenters. The molecule has 0 amide bonds. The predicted octanol–water partition coefficient (Wildman–Crippen LogP) is 2.79. The van der Waals surface area contributed by atoms with Crippen LogP contribution in [0.3, 0.4) is 0 Å². The molecule has 0 bridgehead atoms. The van der Waals surface area contributed by atoms with Gasteiger partial charge in [-0.05, 0) is 19.1 Å². The molecule has 0 saturated heterocycles. The minimum Gasteiger partial charge on any atom is -0.496 e. The second-order valence-electron chi connectivity index (χ2n) is 3.43. The SMILES string of the molecule is COc1cc(Cl)ccc1C(C)(N)C(F)F. The van der Waals surface area contributed by atoms with Crippen molar-refractivity contribution in [3.8, 4) is 5.75 Å². The standard InChI is InChI=1S/C10H12ClF2NO/c1-10(14,9(12)13)7-4-3-6(11)5-8(7)15-2/h3-5,9H,14H2,1-2H3. The highest BCUT2D eigenvalue weighted by molar-refractivity contribution is 6.30. The average Bonchev–Trinajstić information content (AvgIpc) is 2.16. The molecule has 1 aromatic carbocycles. The van der Waals surface area contributed by atoms with E-state index in [1.807, 2.05) is 0 Å². The monoisotopic (exact) mass is 235 g/mol. The molecule has 0 aliphatic heterocycles. The van der Waals surface area contributed by atoms with Gasteiger partial charge in [-0.1, -0.05) is 17.7 Å². The summed E-state index contributed by atoms with van der Waals surface area (Å²) in [6, 6.07) is 4.42. The fraction of sp³-hybridized carbons (Fsp3) is 0.400. The van der Waals surface area contributed by atoms with E-state index in [0.29, 0.717) is 5.02 Å². The highest BCUT2D eigenvalue weighted by Gasteiger charge is 2.34. The van der Waals surface area contributed by atoms with Gasteiger partial charge in [0.15, 0.2) is 0 Å². The first-order valence-corrected chi connectivity index (χ1v) is 4.68. The van der Waals surface area contributed by atoms with Crippen LogP contribution in [0.4, 0.5) is 8.78 Å². The molecule has 1 aromatic rings. The maximum atomic E-state index is 12.7. The minimum absolute atomic E-state index is 0.240. The third kappa shape index (κ3) is 2.38. The van der Waals surface area contributed by atoms with Crippen LogP contribution in [0.25, 0.3) is 0 Å². The van der Waals surface area contributed by atoms with Crippen molar-refractivity contribution in [2.24, 2.45) is 5.73 Å². The number of hydrogen-bond acceptors (Lipinski definition) is 2. The van der Waals surface area contributed by atoms with E-state index in [1.165, 1.54) is 32.2 Å². The molecule has 2 nitrogen and oxygen atoms in total. The van der Waals surface area contributed by atoms with Crippen LogP contribution in [0, 0.1) is 0 Å². The molecule has 0 fully saturated rings. The lowest BCUT2D eigenvalue weighted by molar-refractivity contribution is 0.0611. The molecule has 0 saturated carbocycles. The normalized spacial score (nSPS) is 15.1. The Bertz CT molecular complexity index is 355. The van der Waals surface area contributed by atoms with Crippen molar-refractivity contribution in [2.45, 2.75) is 18.9 Å². The Morgan fingerprint density at radius 3 is 2.53 bits per heavy atom. The van der Waals surface area contributed by atoms with E-state index in [1.54, 1.807) is 0 Å². The fourth-order valence-electron chi connectivity index (χ4n) is 1.23. The number of halogens is 3. The Morgan fingerprint density at radius 2 is 2.07 bits per heavy atom. The third-order valence-electron chi connectivity index (χ3n) is 2.20. The number of methoxy groups -OCH3 is 1. The van der Waals surface area contributed by atoms with Crippen LogP contribution >= 0.6 is 11.6 Å². The van der Waals surface area contributed by atoms with E-state index in [9.17, 15) is 8.78 Å².